The molecule has 1 aromatic carbocycles. The summed E-state index contributed by atoms with van der Waals surface area (Å²) in [5, 5.41) is 3.23. The van der Waals surface area contributed by atoms with Crippen molar-refractivity contribution in [3.63, 3.8) is 0 Å². The molecule has 0 spiro atoms. The molecule has 0 atom stereocenters. The number of hydrogen-bond donors (Lipinski definition) is 1. The molecule has 0 aliphatic heterocycles. The maximum absolute atomic E-state index is 12.0. The van der Waals surface area contributed by atoms with E-state index in [4.69, 9.17) is 11.6 Å². The van der Waals surface area contributed by atoms with Crippen molar-refractivity contribution >= 4 is 55.1 Å². The molecule has 1 aromatic heterocycles. The highest BCUT2D eigenvalue weighted by atomic mass is 79.9. The fourth-order valence-corrected chi connectivity index (χ4v) is 2.18. The molecule has 2 aromatic rings. The zero-order valence-corrected chi connectivity index (χ0v) is 12.9. The first-order valence-corrected chi connectivity index (χ1v) is 6.90. The van der Waals surface area contributed by atoms with Crippen molar-refractivity contribution in [3.05, 3.63) is 56.2 Å². The third kappa shape index (κ3) is 3.31. The van der Waals surface area contributed by atoms with Gasteiger partial charge in [-0.3, -0.25) is 9.78 Å². The second-order valence-corrected chi connectivity index (χ2v) is 5.64. The van der Waals surface area contributed by atoms with E-state index in [-0.39, 0.29) is 11.6 Å². The second-order valence-electron chi connectivity index (χ2n) is 3.44. The van der Waals surface area contributed by atoms with Gasteiger partial charge in [-0.25, -0.2) is 0 Å². The molecular formula is C12H7Br2ClN2O. The number of rotatable bonds is 2. The smallest absolute Gasteiger partial charge is 0.274 e. The fraction of sp³-hybridized carbons (Fsp3) is 0. The van der Waals surface area contributed by atoms with Gasteiger partial charge in [-0.1, -0.05) is 27.5 Å². The van der Waals surface area contributed by atoms with Crippen LogP contribution in [0.25, 0.3) is 0 Å². The predicted molar refractivity (Wildman–Crippen MR) is 79.0 cm³/mol. The molecule has 0 bridgehead atoms. The monoisotopic (exact) mass is 388 g/mol. The SMILES string of the molecule is O=C(Nc1cc(Br)ccc1Br)c1cc(Cl)ccn1. The highest BCUT2D eigenvalue weighted by Gasteiger charge is 2.10. The lowest BCUT2D eigenvalue weighted by atomic mass is 10.3. The van der Waals surface area contributed by atoms with Crippen LogP contribution in [0.3, 0.4) is 0 Å². The van der Waals surface area contributed by atoms with E-state index in [1.165, 1.54) is 12.3 Å². The summed E-state index contributed by atoms with van der Waals surface area (Å²) in [5.74, 6) is -0.309. The zero-order chi connectivity index (χ0) is 13.1. The number of pyridine rings is 1. The Kier molecular flexibility index (Phi) is 4.37. The van der Waals surface area contributed by atoms with E-state index in [2.05, 4.69) is 42.2 Å². The van der Waals surface area contributed by atoms with Gasteiger partial charge in [0.1, 0.15) is 5.69 Å². The molecular weight excluding hydrogens is 383 g/mol. The van der Waals surface area contributed by atoms with Gasteiger partial charge in [0, 0.05) is 20.2 Å². The first-order chi connectivity index (χ1) is 8.56. The van der Waals surface area contributed by atoms with E-state index in [0.717, 1.165) is 8.95 Å². The van der Waals surface area contributed by atoms with Crippen LogP contribution < -0.4 is 5.32 Å². The summed E-state index contributed by atoms with van der Waals surface area (Å²) in [6.45, 7) is 0. The van der Waals surface area contributed by atoms with Gasteiger partial charge in [0.25, 0.3) is 5.91 Å². The number of carbonyl (C=O) groups excluding carboxylic acids is 1. The average molecular weight is 390 g/mol. The molecule has 0 fully saturated rings. The van der Waals surface area contributed by atoms with Crippen LogP contribution in [-0.4, -0.2) is 10.9 Å². The number of nitrogens with zero attached hydrogens (tertiary/aromatic N) is 1. The van der Waals surface area contributed by atoms with E-state index in [1.54, 1.807) is 12.1 Å². The van der Waals surface area contributed by atoms with Gasteiger partial charge in [0.05, 0.1) is 5.69 Å². The maximum Gasteiger partial charge on any atom is 0.274 e. The number of amides is 1. The summed E-state index contributed by atoms with van der Waals surface area (Å²) < 4.78 is 1.67. The lowest BCUT2D eigenvalue weighted by molar-refractivity contribution is 0.102. The molecule has 0 aliphatic carbocycles. The third-order valence-corrected chi connectivity index (χ3v) is 3.55. The molecule has 0 radical (unpaired) electrons. The Hall–Kier alpha value is -0.910. The molecule has 2 rings (SSSR count). The molecule has 0 saturated heterocycles. The van der Waals surface area contributed by atoms with Crippen molar-refractivity contribution in [2.24, 2.45) is 0 Å². The largest absolute Gasteiger partial charge is 0.320 e. The van der Waals surface area contributed by atoms with Crippen LogP contribution in [0.4, 0.5) is 5.69 Å². The molecule has 0 saturated carbocycles. The van der Waals surface area contributed by atoms with Crippen LogP contribution in [0.5, 0.6) is 0 Å². The van der Waals surface area contributed by atoms with Gasteiger partial charge in [-0.05, 0) is 46.3 Å². The minimum absolute atomic E-state index is 0.273. The minimum atomic E-state index is -0.309. The van der Waals surface area contributed by atoms with E-state index >= 15 is 0 Å². The maximum atomic E-state index is 12.0. The zero-order valence-electron chi connectivity index (χ0n) is 8.95. The minimum Gasteiger partial charge on any atom is -0.320 e. The Bertz CT molecular complexity index is 604. The van der Waals surface area contributed by atoms with Crippen LogP contribution in [0.2, 0.25) is 5.02 Å². The van der Waals surface area contributed by atoms with Crippen molar-refractivity contribution < 1.29 is 4.79 Å². The van der Waals surface area contributed by atoms with Crippen LogP contribution >= 0.6 is 43.5 Å². The lowest BCUT2D eigenvalue weighted by Crippen LogP contribution is -2.13. The lowest BCUT2D eigenvalue weighted by Gasteiger charge is -2.07. The summed E-state index contributed by atoms with van der Waals surface area (Å²) in [7, 11) is 0. The van der Waals surface area contributed by atoms with Crippen molar-refractivity contribution in [2.45, 2.75) is 0 Å². The summed E-state index contributed by atoms with van der Waals surface area (Å²) >= 11 is 12.5. The number of carbonyl (C=O) groups is 1. The molecule has 3 nitrogen and oxygen atoms in total. The molecule has 1 amide bonds. The summed E-state index contributed by atoms with van der Waals surface area (Å²) in [6.07, 6.45) is 1.49. The second kappa shape index (κ2) is 5.82. The standard InChI is InChI=1S/C12H7Br2ClN2O/c13-7-1-2-9(14)10(5-7)17-12(18)11-6-8(15)3-4-16-11/h1-6H,(H,17,18). The highest BCUT2D eigenvalue weighted by Crippen LogP contribution is 2.26. The molecule has 0 aliphatic rings. The van der Waals surface area contributed by atoms with Crippen LogP contribution in [-0.2, 0) is 0 Å². The normalized spacial score (nSPS) is 10.2. The number of hydrogen-bond acceptors (Lipinski definition) is 2. The molecule has 1 heterocycles. The Balaban J connectivity index is 2.24. The number of aromatic nitrogens is 1. The number of halogens is 3. The van der Waals surface area contributed by atoms with Crippen LogP contribution in [0, 0.1) is 0 Å². The Morgan fingerprint density at radius 3 is 2.72 bits per heavy atom. The van der Waals surface area contributed by atoms with Crippen LogP contribution in [0.15, 0.2) is 45.5 Å². The predicted octanol–water partition coefficient (Wildman–Crippen LogP) is 4.51. The summed E-state index contributed by atoms with van der Waals surface area (Å²) in [5.41, 5.74) is 0.936. The Labute approximate surface area is 126 Å². The fourth-order valence-electron chi connectivity index (χ4n) is 1.31. The first-order valence-electron chi connectivity index (χ1n) is 4.94. The van der Waals surface area contributed by atoms with Gasteiger partial charge >= 0.3 is 0 Å². The summed E-state index contributed by atoms with van der Waals surface area (Å²) in [4.78, 5) is 15.9. The molecule has 92 valence electrons. The molecule has 6 heteroatoms. The summed E-state index contributed by atoms with van der Waals surface area (Å²) in [6, 6.07) is 8.64. The van der Waals surface area contributed by atoms with E-state index in [1.807, 2.05) is 12.1 Å². The quantitative estimate of drug-likeness (QED) is 0.820. The number of anilines is 1. The highest BCUT2D eigenvalue weighted by molar-refractivity contribution is 9.11. The van der Waals surface area contributed by atoms with Gasteiger partial charge in [-0.15, -0.1) is 0 Å². The average Bonchev–Trinajstić information content (AvgIpc) is 2.34. The van der Waals surface area contributed by atoms with Gasteiger partial charge < -0.3 is 5.32 Å². The number of benzene rings is 1. The topological polar surface area (TPSA) is 42.0 Å². The van der Waals surface area contributed by atoms with Gasteiger partial charge in [0.15, 0.2) is 0 Å². The van der Waals surface area contributed by atoms with Crippen LogP contribution in [0.1, 0.15) is 10.5 Å². The van der Waals surface area contributed by atoms with Crippen molar-refractivity contribution in [3.8, 4) is 0 Å². The first kappa shape index (κ1) is 13.5. The van der Waals surface area contributed by atoms with Gasteiger partial charge in [-0.2, -0.15) is 0 Å². The molecule has 0 unspecified atom stereocenters. The Morgan fingerprint density at radius 2 is 2.00 bits per heavy atom. The van der Waals surface area contributed by atoms with Crippen molar-refractivity contribution in [1.82, 2.24) is 4.98 Å². The Morgan fingerprint density at radius 1 is 1.22 bits per heavy atom. The van der Waals surface area contributed by atoms with E-state index < -0.39 is 0 Å². The van der Waals surface area contributed by atoms with E-state index in [9.17, 15) is 4.79 Å². The van der Waals surface area contributed by atoms with E-state index in [0.29, 0.717) is 10.7 Å². The third-order valence-electron chi connectivity index (χ3n) is 2.13. The molecule has 1 N–H and O–H groups in total. The number of nitrogens with one attached hydrogen (secondary N) is 1. The van der Waals surface area contributed by atoms with Crippen molar-refractivity contribution in [2.75, 3.05) is 5.32 Å². The van der Waals surface area contributed by atoms with Crippen molar-refractivity contribution in [1.29, 1.82) is 0 Å². The molecule has 18 heavy (non-hydrogen) atoms. The van der Waals surface area contributed by atoms with Gasteiger partial charge in [0.2, 0.25) is 0 Å².